The van der Waals surface area contributed by atoms with Gasteiger partial charge in [-0.3, -0.25) is 0 Å². The van der Waals surface area contributed by atoms with Crippen LogP contribution in [-0.2, 0) is 9.53 Å². The third-order valence-corrected chi connectivity index (χ3v) is 2.14. The van der Waals surface area contributed by atoms with Crippen molar-refractivity contribution in [1.82, 2.24) is 0 Å². The fourth-order valence-electron chi connectivity index (χ4n) is 0.959. The zero-order chi connectivity index (χ0) is 10.6. The molecule has 0 heterocycles. The molecule has 1 aromatic carbocycles. The Bertz CT molecular complexity index is 325. The van der Waals surface area contributed by atoms with Crippen LogP contribution in [0, 0.1) is 0 Å². The third-order valence-electron chi connectivity index (χ3n) is 1.64. The van der Waals surface area contributed by atoms with Crippen molar-refractivity contribution in [1.29, 1.82) is 0 Å². The van der Waals surface area contributed by atoms with E-state index in [1.165, 1.54) is 7.11 Å². The van der Waals surface area contributed by atoms with Gasteiger partial charge in [-0.25, -0.2) is 4.79 Å². The van der Waals surface area contributed by atoms with Crippen molar-refractivity contribution in [3.8, 4) is 5.75 Å². The van der Waals surface area contributed by atoms with E-state index in [1.54, 1.807) is 19.1 Å². The average molecular weight is 259 g/mol. The number of carbonyl (C=O) groups excluding carboxylic acids is 1. The molecule has 0 saturated carbocycles. The van der Waals surface area contributed by atoms with Crippen molar-refractivity contribution in [2.45, 2.75) is 13.0 Å². The van der Waals surface area contributed by atoms with E-state index in [0.717, 1.165) is 4.47 Å². The molecule has 14 heavy (non-hydrogen) atoms. The average Bonchev–Trinajstić information content (AvgIpc) is 2.16. The molecule has 0 aromatic heterocycles. The quantitative estimate of drug-likeness (QED) is 0.782. The maximum absolute atomic E-state index is 11.0. The maximum atomic E-state index is 11.0. The second kappa shape index (κ2) is 5.00. The zero-order valence-electron chi connectivity index (χ0n) is 7.99. The number of hydrogen-bond acceptors (Lipinski definition) is 3. The molecule has 76 valence electrons. The largest absolute Gasteiger partial charge is 0.479 e. The smallest absolute Gasteiger partial charge is 0.346 e. The first-order valence-corrected chi connectivity index (χ1v) is 4.93. The van der Waals surface area contributed by atoms with E-state index in [4.69, 9.17) is 4.74 Å². The number of rotatable bonds is 3. The van der Waals surface area contributed by atoms with Gasteiger partial charge in [0.15, 0.2) is 6.10 Å². The molecule has 0 N–H and O–H groups in total. The van der Waals surface area contributed by atoms with Crippen LogP contribution in [0.2, 0.25) is 0 Å². The molecule has 0 saturated heterocycles. The lowest BCUT2D eigenvalue weighted by Crippen LogP contribution is -2.24. The van der Waals surface area contributed by atoms with E-state index in [2.05, 4.69) is 20.7 Å². The molecule has 0 amide bonds. The van der Waals surface area contributed by atoms with E-state index in [-0.39, 0.29) is 5.97 Å². The summed E-state index contributed by atoms with van der Waals surface area (Å²) in [6.07, 6.45) is -0.589. The van der Waals surface area contributed by atoms with Gasteiger partial charge in [-0.2, -0.15) is 0 Å². The minimum Gasteiger partial charge on any atom is -0.479 e. The first kappa shape index (κ1) is 11.0. The molecule has 0 unspecified atom stereocenters. The highest BCUT2D eigenvalue weighted by molar-refractivity contribution is 9.10. The predicted molar refractivity (Wildman–Crippen MR) is 56.2 cm³/mol. The molecule has 1 aromatic rings. The Morgan fingerprint density at radius 2 is 2.21 bits per heavy atom. The van der Waals surface area contributed by atoms with Crippen LogP contribution in [-0.4, -0.2) is 19.2 Å². The Labute approximate surface area is 91.1 Å². The highest BCUT2D eigenvalue weighted by Crippen LogP contribution is 2.18. The van der Waals surface area contributed by atoms with Gasteiger partial charge in [0.1, 0.15) is 5.75 Å². The summed E-state index contributed by atoms with van der Waals surface area (Å²) in [6.45, 7) is 1.65. The molecular weight excluding hydrogens is 248 g/mol. The number of carbonyl (C=O) groups is 1. The highest BCUT2D eigenvalue weighted by atomic mass is 79.9. The first-order chi connectivity index (χ1) is 6.63. The molecule has 1 rings (SSSR count). The molecule has 0 fully saturated rings. The molecule has 0 aliphatic carbocycles. The van der Waals surface area contributed by atoms with Crippen LogP contribution < -0.4 is 4.74 Å². The monoisotopic (exact) mass is 258 g/mol. The van der Waals surface area contributed by atoms with E-state index >= 15 is 0 Å². The van der Waals surface area contributed by atoms with Crippen molar-refractivity contribution >= 4 is 21.9 Å². The minimum absolute atomic E-state index is 0.384. The highest BCUT2D eigenvalue weighted by Gasteiger charge is 2.14. The van der Waals surface area contributed by atoms with Gasteiger partial charge in [-0.05, 0) is 25.1 Å². The molecule has 0 aliphatic heterocycles. The fraction of sp³-hybridized carbons (Fsp3) is 0.300. The number of ether oxygens (including phenoxy) is 2. The Morgan fingerprint density at radius 3 is 2.79 bits per heavy atom. The van der Waals surface area contributed by atoms with Gasteiger partial charge in [0, 0.05) is 4.47 Å². The Balaban J connectivity index is 2.64. The fourth-order valence-corrected chi connectivity index (χ4v) is 1.34. The van der Waals surface area contributed by atoms with E-state index in [1.807, 2.05) is 12.1 Å². The van der Waals surface area contributed by atoms with Gasteiger partial charge in [0.05, 0.1) is 7.11 Å². The molecule has 3 nitrogen and oxygen atoms in total. The number of hydrogen-bond donors (Lipinski definition) is 0. The van der Waals surface area contributed by atoms with E-state index in [0.29, 0.717) is 5.75 Å². The Hall–Kier alpha value is -1.03. The van der Waals surface area contributed by atoms with Crippen molar-refractivity contribution < 1.29 is 14.3 Å². The summed E-state index contributed by atoms with van der Waals surface area (Å²) in [4.78, 5) is 11.0. The SMILES string of the molecule is COC(=O)[C@@H](C)Oc1cccc(Br)c1. The molecule has 0 spiro atoms. The van der Waals surface area contributed by atoms with Gasteiger partial charge in [0.2, 0.25) is 0 Å². The number of methoxy groups -OCH3 is 1. The van der Waals surface area contributed by atoms with Gasteiger partial charge < -0.3 is 9.47 Å². The van der Waals surface area contributed by atoms with Gasteiger partial charge >= 0.3 is 5.97 Å². The molecule has 4 heteroatoms. The molecule has 1 atom stereocenters. The summed E-state index contributed by atoms with van der Waals surface area (Å²) in [6, 6.07) is 7.29. The summed E-state index contributed by atoms with van der Waals surface area (Å²) in [5.74, 6) is 0.252. The number of halogens is 1. The van der Waals surface area contributed by atoms with Crippen molar-refractivity contribution in [3.05, 3.63) is 28.7 Å². The standard InChI is InChI=1S/C10H11BrO3/c1-7(10(12)13-2)14-9-5-3-4-8(11)6-9/h3-7H,1-2H3/t7-/m1/s1. The van der Waals surface area contributed by atoms with Crippen molar-refractivity contribution in [2.75, 3.05) is 7.11 Å². The number of benzene rings is 1. The second-order valence-electron chi connectivity index (χ2n) is 2.74. The van der Waals surface area contributed by atoms with Crippen LogP contribution >= 0.6 is 15.9 Å². The van der Waals surface area contributed by atoms with Gasteiger partial charge in [-0.15, -0.1) is 0 Å². The zero-order valence-corrected chi connectivity index (χ0v) is 9.58. The normalized spacial score (nSPS) is 11.9. The van der Waals surface area contributed by atoms with Crippen LogP contribution in [0.5, 0.6) is 5.75 Å². The van der Waals surface area contributed by atoms with E-state index in [9.17, 15) is 4.79 Å². The minimum atomic E-state index is -0.589. The maximum Gasteiger partial charge on any atom is 0.346 e. The van der Waals surface area contributed by atoms with Gasteiger partial charge in [0.25, 0.3) is 0 Å². The second-order valence-corrected chi connectivity index (χ2v) is 3.66. The van der Waals surface area contributed by atoms with Crippen LogP contribution in [0.25, 0.3) is 0 Å². The first-order valence-electron chi connectivity index (χ1n) is 4.13. The summed E-state index contributed by atoms with van der Waals surface area (Å²) >= 11 is 3.31. The van der Waals surface area contributed by atoms with Crippen LogP contribution in [0.1, 0.15) is 6.92 Å². The summed E-state index contributed by atoms with van der Waals surface area (Å²) < 4.78 is 10.8. The summed E-state index contributed by atoms with van der Waals surface area (Å²) in [5, 5.41) is 0. The van der Waals surface area contributed by atoms with Crippen molar-refractivity contribution in [2.24, 2.45) is 0 Å². The molecule has 0 bridgehead atoms. The van der Waals surface area contributed by atoms with Crippen LogP contribution in [0.15, 0.2) is 28.7 Å². The lowest BCUT2D eigenvalue weighted by atomic mass is 10.3. The Morgan fingerprint density at radius 1 is 1.50 bits per heavy atom. The molecule has 0 aliphatic rings. The molecule has 0 radical (unpaired) electrons. The third kappa shape index (κ3) is 3.03. The summed E-state index contributed by atoms with van der Waals surface area (Å²) in [5.41, 5.74) is 0. The molecular formula is C10H11BrO3. The Kier molecular flexibility index (Phi) is 3.95. The number of esters is 1. The van der Waals surface area contributed by atoms with Crippen LogP contribution in [0.4, 0.5) is 0 Å². The van der Waals surface area contributed by atoms with Gasteiger partial charge in [-0.1, -0.05) is 22.0 Å². The van der Waals surface area contributed by atoms with Crippen molar-refractivity contribution in [3.63, 3.8) is 0 Å². The van der Waals surface area contributed by atoms with Crippen LogP contribution in [0.3, 0.4) is 0 Å². The topological polar surface area (TPSA) is 35.5 Å². The lowest BCUT2D eigenvalue weighted by molar-refractivity contribution is -0.147. The summed E-state index contributed by atoms with van der Waals surface area (Å²) in [7, 11) is 1.34. The lowest BCUT2D eigenvalue weighted by Gasteiger charge is -2.12. The predicted octanol–water partition coefficient (Wildman–Crippen LogP) is 2.39. The van der Waals surface area contributed by atoms with E-state index < -0.39 is 6.10 Å².